The maximum atomic E-state index is 11.8. The summed E-state index contributed by atoms with van der Waals surface area (Å²) in [5.41, 5.74) is 0. The Labute approximate surface area is 104 Å². The first-order valence-electron chi connectivity index (χ1n) is 5.53. The van der Waals surface area contributed by atoms with Gasteiger partial charge in [0, 0.05) is 6.54 Å². The topological polar surface area (TPSA) is 107 Å². The molecule has 2 N–H and O–H groups in total. The summed E-state index contributed by atoms with van der Waals surface area (Å²) in [6, 6.07) is -0.625. The van der Waals surface area contributed by atoms with E-state index in [-0.39, 0.29) is 13.1 Å². The number of carbonyl (C=O) groups is 4. The minimum atomic E-state index is -1.13. The van der Waals surface area contributed by atoms with Gasteiger partial charge in [-0.2, -0.15) is 0 Å². The SMILES string of the molecule is CCCN(CC(=O)O)C(=O)CN1C(=O)CNC1=O. The van der Waals surface area contributed by atoms with Crippen molar-refractivity contribution in [3.8, 4) is 0 Å². The molecule has 0 aromatic rings. The normalized spacial score (nSPS) is 14.6. The monoisotopic (exact) mass is 257 g/mol. The molecule has 1 saturated heterocycles. The lowest BCUT2D eigenvalue weighted by Crippen LogP contribution is -2.45. The molecule has 18 heavy (non-hydrogen) atoms. The molecule has 0 radical (unpaired) electrons. The van der Waals surface area contributed by atoms with Gasteiger partial charge in [-0.25, -0.2) is 4.79 Å². The van der Waals surface area contributed by atoms with Gasteiger partial charge in [0.2, 0.25) is 5.91 Å². The number of hydrogen-bond acceptors (Lipinski definition) is 4. The number of rotatable bonds is 6. The first-order valence-corrected chi connectivity index (χ1v) is 5.53. The molecule has 0 bridgehead atoms. The van der Waals surface area contributed by atoms with Crippen LogP contribution in [0.4, 0.5) is 4.79 Å². The number of aliphatic carboxylic acids is 1. The highest BCUT2D eigenvalue weighted by molar-refractivity contribution is 6.04. The first-order chi connectivity index (χ1) is 8.45. The zero-order valence-corrected chi connectivity index (χ0v) is 10.0. The number of hydrogen-bond donors (Lipinski definition) is 2. The van der Waals surface area contributed by atoms with E-state index in [0.29, 0.717) is 6.42 Å². The van der Waals surface area contributed by atoms with E-state index in [1.54, 1.807) is 6.92 Å². The van der Waals surface area contributed by atoms with Gasteiger partial charge in [-0.05, 0) is 6.42 Å². The van der Waals surface area contributed by atoms with E-state index in [4.69, 9.17) is 5.11 Å². The molecule has 0 aromatic carbocycles. The number of amides is 4. The summed E-state index contributed by atoms with van der Waals surface area (Å²) in [5, 5.41) is 11.0. The molecule has 0 saturated carbocycles. The molecule has 0 aliphatic carbocycles. The molecule has 1 fully saturated rings. The second kappa shape index (κ2) is 5.99. The first kappa shape index (κ1) is 13.9. The van der Waals surface area contributed by atoms with Crippen LogP contribution in [0.15, 0.2) is 0 Å². The summed E-state index contributed by atoms with van der Waals surface area (Å²) in [5.74, 6) is -2.17. The molecule has 8 heteroatoms. The molecule has 1 rings (SSSR count). The van der Waals surface area contributed by atoms with E-state index in [2.05, 4.69) is 5.32 Å². The van der Waals surface area contributed by atoms with Gasteiger partial charge in [-0.1, -0.05) is 6.92 Å². The van der Waals surface area contributed by atoms with E-state index >= 15 is 0 Å². The van der Waals surface area contributed by atoms with Crippen LogP contribution in [0.3, 0.4) is 0 Å². The number of imide groups is 1. The lowest BCUT2D eigenvalue weighted by atomic mass is 10.3. The quantitative estimate of drug-likeness (QED) is 0.585. The van der Waals surface area contributed by atoms with Crippen LogP contribution in [0.25, 0.3) is 0 Å². The third kappa shape index (κ3) is 3.44. The molecular formula is C10H15N3O5. The van der Waals surface area contributed by atoms with Crippen molar-refractivity contribution in [3.05, 3.63) is 0 Å². The van der Waals surface area contributed by atoms with Crippen molar-refractivity contribution >= 4 is 23.8 Å². The summed E-state index contributed by atoms with van der Waals surface area (Å²) < 4.78 is 0. The summed E-state index contributed by atoms with van der Waals surface area (Å²) in [4.78, 5) is 46.8. The number of carboxylic acid groups (broad SMARTS) is 1. The summed E-state index contributed by atoms with van der Waals surface area (Å²) in [7, 11) is 0. The smallest absolute Gasteiger partial charge is 0.325 e. The predicted molar refractivity (Wildman–Crippen MR) is 59.6 cm³/mol. The van der Waals surface area contributed by atoms with E-state index in [1.165, 1.54) is 0 Å². The number of carboxylic acids is 1. The van der Waals surface area contributed by atoms with E-state index < -0.39 is 36.9 Å². The van der Waals surface area contributed by atoms with Crippen LogP contribution in [-0.4, -0.2) is 64.9 Å². The Hall–Kier alpha value is -2.12. The van der Waals surface area contributed by atoms with Crippen LogP contribution in [0.1, 0.15) is 13.3 Å². The van der Waals surface area contributed by atoms with Crippen LogP contribution in [0.2, 0.25) is 0 Å². The maximum absolute atomic E-state index is 11.8. The lowest BCUT2D eigenvalue weighted by molar-refractivity contribution is -0.145. The van der Waals surface area contributed by atoms with Crippen LogP contribution in [0, 0.1) is 0 Å². The van der Waals surface area contributed by atoms with Gasteiger partial charge < -0.3 is 15.3 Å². The summed E-state index contributed by atoms with van der Waals surface area (Å²) >= 11 is 0. The molecule has 100 valence electrons. The number of nitrogens with zero attached hydrogens (tertiary/aromatic N) is 2. The van der Waals surface area contributed by atoms with Gasteiger partial charge in [0.1, 0.15) is 13.1 Å². The highest BCUT2D eigenvalue weighted by Gasteiger charge is 2.31. The second-order valence-corrected chi connectivity index (χ2v) is 3.85. The fourth-order valence-corrected chi connectivity index (χ4v) is 1.58. The molecule has 0 atom stereocenters. The van der Waals surface area contributed by atoms with Crippen LogP contribution >= 0.6 is 0 Å². The van der Waals surface area contributed by atoms with Gasteiger partial charge in [0.05, 0.1) is 6.54 Å². The predicted octanol–water partition coefficient (Wildman–Crippen LogP) is -1.14. The standard InChI is InChI=1S/C10H15N3O5/c1-2-3-12(6-9(16)17)8(15)5-13-7(14)4-11-10(13)18/h2-6H2,1H3,(H,11,18)(H,16,17). The average molecular weight is 257 g/mol. The average Bonchev–Trinajstić information content (AvgIpc) is 2.59. The Morgan fingerprint density at radius 2 is 2.11 bits per heavy atom. The lowest BCUT2D eigenvalue weighted by Gasteiger charge is -2.22. The third-order valence-electron chi connectivity index (χ3n) is 2.40. The number of nitrogens with one attached hydrogen (secondary N) is 1. The Morgan fingerprint density at radius 3 is 2.56 bits per heavy atom. The number of carbonyl (C=O) groups excluding carboxylic acids is 3. The Morgan fingerprint density at radius 1 is 1.44 bits per heavy atom. The van der Waals surface area contributed by atoms with Gasteiger partial charge in [0.15, 0.2) is 0 Å². The van der Waals surface area contributed by atoms with Gasteiger partial charge in [-0.3, -0.25) is 19.3 Å². The molecule has 4 amide bonds. The fourth-order valence-electron chi connectivity index (χ4n) is 1.58. The van der Waals surface area contributed by atoms with Crippen LogP contribution in [-0.2, 0) is 14.4 Å². The number of urea groups is 1. The van der Waals surface area contributed by atoms with Crippen molar-refractivity contribution in [1.29, 1.82) is 0 Å². The van der Waals surface area contributed by atoms with E-state index in [0.717, 1.165) is 9.80 Å². The van der Waals surface area contributed by atoms with Crippen molar-refractivity contribution in [1.82, 2.24) is 15.1 Å². The molecule has 0 unspecified atom stereocenters. The zero-order valence-electron chi connectivity index (χ0n) is 10.0. The minimum absolute atomic E-state index is 0.126. The molecule has 1 aliphatic heterocycles. The highest BCUT2D eigenvalue weighted by Crippen LogP contribution is 2.01. The van der Waals surface area contributed by atoms with Crippen LogP contribution in [0.5, 0.6) is 0 Å². The molecule has 1 aliphatic rings. The largest absolute Gasteiger partial charge is 0.480 e. The highest BCUT2D eigenvalue weighted by atomic mass is 16.4. The van der Waals surface area contributed by atoms with Gasteiger partial charge >= 0.3 is 12.0 Å². The van der Waals surface area contributed by atoms with E-state index in [9.17, 15) is 19.2 Å². The fraction of sp³-hybridized carbons (Fsp3) is 0.600. The van der Waals surface area contributed by atoms with Crippen molar-refractivity contribution in [2.24, 2.45) is 0 Å². The van der Waals surface area contributed by atoms with Crippen molar-refractivity contribution in [2.45, 2.75) is 13.3 Å². The summed E-state index contributed by atoms with van der Waals surface area (Å²) in [6.07, 6.45) is 0.596. The molecule has 0 spiro atoms. The molecule has 1 heterocycles. The second-order valence-electron chi connectivity index (χ2n) is 3.85. The maximum Gasteiger partial charge on any atom is 0.325 e. The molecule has 0 aromatic heterocycles. The zero-order chi connectivity index (χ0) is 13.7. The van der Waals surface area contributed by atoms with Crippen LogP contribution < -0.4 is 5.32 Å². The third-order valence-corrected chi connectivity index (χ3v) is 2.40. The molecule has 8 nitrogen and oxygen atoms in total. The van der Waals surface area contributed by atoms with Gasteiger partial charge in [-0.15, -0.1) is 0 Å². The molecular weight excluding hydrogens is 242 g/mol. The van der Waals surface area contributed by atoms with E-state index in [1.807, 2.05) is 0 Å². The van der Waals surface area contributed by atoms with Gasteiger partial charge in [0.25, 0.3) is 5.91 Å². The van der Waals surface area contributed by atoms with Crippen molar-refractivity contribution in [2.75, 3.05) is 26.2 Å². The Balaban J connectivity index is 2.63. The minimum Gasteiger partial charge on any atom is -0.480 e. The summed E-state index contributed by atoms with van der Waals surface area (Å²) in [6.45, 7) is 1.09. The Kier molecular flexibility index (Phi) is 4.64. The van der Waals surface area contributed by atoms with Crippen molar-refractivity contribution < 1.29 is 24.3 Å². The Bertz CT molecular complexity index is 366. The van der Waals surface area contributed by atoms with Crippen molar-refractivity contribution in [3.63, 3.8) is 0 Å².